The smallest absolute Gasteiger partial charge is 0.0774 e. The van der Waals surface area contributed by atoms with Gasteiger partial charge in [-0.1, -0.05) is 98.2 Å². The van der Waals surface area contributed by atoms with Gasteiger partial charge in [0.15, 0.2) is 0 Å². The summed E-state index contributed by atoms with van der Waals surface area (Å²) in [4.78, 5) is 0. The lowest BCUT2D eigenvalue weighted by Crippen LogP contribution is -2.56. The van der Waals surface area contributed by atoms with Crippen molar-refractivity contribution in [2.45, 2.75) is 52.1 Å². The summed E-state index contributed by atoms with van der Waals surface area (Å²) in [6, 6.07) is 5.15. The first-order chi connectivity index (χ1) is 11.2. The molecular weight excluding hydrogens is 320 g/mol. The minimum absolute atomic E-state index is 1.07. The van der Waals surface area contributed by atoms with E-state index < -0.39 is 16.1 Å². The number of allylic oxidation sites excluding steroid dienone is 8. The SMILES string of the molecule is C[Si](C)(C)c1cc(C2=CC=CC2)c(C2=CC=CC2)cc1[Si](C)(C)C. The van der Waals surface area contributed by atoms with E-state index in [4.69, 9.17) is 0 Å². The van der Waals surface area contributed by atoms with Crippen LogP contribution < -0.4 is 10.4 Å². The molecule has 0 heterocycles. The fraction of sp³-hybridized carbons (Fsp3) is 0.364. The molecule has 1 aromatic rings. The first kappa shape index (κ1) is 17.4. The normalized spacial score (nSPS) is 17.4. The molecule has 2 aliphatic carbocycles. The Hall–Kier alpha value is -1.39. The van der Waals surface area contributed by atoms with Gasteiger partial charge in [-0.15, -0.1) is 0 Å². The molecule has 0 saturated heterocycles. The minimum atomic E-state index is -1.38. The topological polar surface area (TPSA) is 0 Å². The van der Waals surface area contributed by atoms with Crippen LogP contribution in [0.5, 0.6) is 0 Å². The van der Waals surface area contributed by atoms with Crippen LogP contribution >= 0.6 is 0 Å². The highest BCUT2D eigenvalue weighted by Crippen LogP contribution is 2.33. The van der Waals surface area contributed by atoms with Gasteiger partial charge in [-0.2, -0.15) is 0 Å². The maximum atomic E-state index is 2.58. The van der Waals surface area contributed by atoms with Gasteiger partial charge in [0, 0.05) is 0 Å². The highest BCUT2D eigenvalue weighted by atomic mass is 28.3. The average Bonchev–Trinajstić information content (AvgIpc) is 3.17. The number of hydrogen-bond acceptors (Lipinski definition) is 0. The molecule has 0 nitrogen and oxygen atoms in total. The van der Waals surface area contributed by atoms with Crippen LogP contribution in [0.25, 0.3) is 11.1 Å². The second-order valence-electron chi connectivity index (χ2n) is 9.09. The van der Waals surface area contributed by atoms with Gasteiger partial charge in [0.05, 0.1) is 16.1 Å². The Morgan fingerprint density at radius 2 is 1.00 bits per heavy atom. The molecule has 0 aliphatic heterocycles. The molecular formula is C22H30Si2. The minimum Gasteiger partial charge on any atom is -0.0801 e. The highest BCUT2D eigenvalue weighted by Gasteiger charge is 2.30. The summed E-state index contributed by atoms with van der Waals surface area (Å²) in [5.74, 6) is 0. The van der Waals surface area contributed by atoms with Gasteiger partial charge >= 0.3 is 0 Å². The summed E-state index contributed by atoms with van der Waals surface area (Å²) in [5, 5.41) is 3.36. The van der Waals surface area contributed by atoms with Crippen molar-refractivity contribution >= 4 is 37.7 Å². The van der Waals surface area contributed by atoms with E-state index in [1.807, 2.05) is 0 Å². The van der Waals surface area contributed by atoms with Gasteiger partial charge in [0.25, 0.3) is 0 Å². The zero-order chi connectivity index (χ0) is 17.5. The van der Waals surface area contributed by atoms with E-state index >= 15 is 0 Å². The maximum Gasteiger partial charge on any atom is 0.0774 e. The van der Waals surface area contributed by atoms with Gasteiger partial charge in [-0.05, 0) is 35.1 Å². The second-order valence-corrected chi connectivity index (χ2v) is 19.2. The van der Waals surface area contributed by atoms with Crippen molar-refractivity contribution in [3.05, 3.63) is 59.7 Å². The van der Waals surface area contributed by atoms with Gasteiger partial charge in [0.1, 0.15) is 0 Å². The molecule has 0 bridgehead atoms. The van der Waals surface area contributed by atoms with E-state index in [1.165, 1.54) is 22.3 Å². The molecule has 0 saturated carbocycles. The third-order valence-electron chi connectivity index (χ3n) is 5.01. The van der Waals surface area contributed by atoms with E-state index in [2.05, 4.69) is 87.9 Å². The third-order valence-corrected chi connectivity index (χ3v) is 9.32. The molecule has 2 heteroatoms. The van der Waals surface area contributed by atoms with Gasteiger partial charge in [-0.3, -0.25) is 0 Å². The monoisotopic (exact) mass is 350 g/mol. The Labute approximate surface area is 149 Å². The first-order valence-corrected chi connectivity index (χ1v) is 16.1. The Bertz CT molecular complexity index is 708. The predicted molar refractivity (Wildman–Crippen MR) is 116 cm³/mol. The Balaban J connectivity index is 2.27. The summed E-state index contributed by atoms with van der Waals surface area (Å²) >= 11 is 0. The summed E-state index contributed by atoms with van der Waals surface area (Å²) in [5.41, 5.74) is 5.93. The molecule has 24 heavy (non-hydrogen) atoms. The van der Waals surface area contributed by atoms with Crippen LogP contribution in [0.4, 0.5) is 0 Å². The molecule has 126 valence electrons. The quantitative estimate of drug-likeness (QED) is 0.632. The molecule has 0 amide bonds. The zero-order valence-corrected chi connectivity index (χ0v) is 18.0. The standard InChI is InChI=1S/C22H30Si2/c1-23(2,3)21-15-19(17-11-7-8-12-17)20(18-13-9-10-14-18)16-22(21)24(4,5)6/h7-11,13,15-16H,12,14H2,1-6H3. The fourth-order valence-corrected chi connectivity index (χ4v) is 8.83. The van der Waals surface area contributed by atoms with Crippen molar-refractivity contribution < 1.29 is 0 Å². The van der Waals surface area contributed by atoms with Crippen LogP contribution in [0.3, 0.4) is 0 Å². The molecule has 0 atom stereocenters. The summed E-state index contributed by atoms with van der Waals surface area (Å²) in [6.45, 7) is 15.0. The molecule has 0 aromatic heterocycles. The number of rotatable bonds is 4. The van der Waals surface area contributed by atoms with Crippen LogP contribution in [0, 0.1) is 0 Å². The average molecular weight is 351 g/mol. The second kappa shape index (κ2) is 6.16. The first-order valence-electron chi connectivity index (χ1n) is 9.09. The van der Waals surface area contributed by atoms with Crippen molar-refractivity contribution in [3.63, 3.8) is 0 Å². The number of benzene rings is 1. The Morgan fingerprint density at radius 1 is 0.625 bits per heavy atom. The van der Waals surface area contributed by atoms with Crippen molar-refractivity contribution in [1.29, 1.82) is 0 Å². The molecule has 0 unspecified atom stereocenters. The summed E-state index contributed by atoms with van der Waals surface area (Å²) in [7, 11) is -2.76. The predicted octanol–water partition coefficient (Wildman–Crippen LogP) is 5.46. The largest absolute Gasteiger partial charge is 0.0801 e. The number of hydrogen-bond donors (Lipinski definition) is 0. The van der Waals surface area contributed by atoms with Crippen molar-refractivity contribution in [2.75, 3.05) is 0 Å². The zero-order valence-electron chi connectivity index (χ0n) is 16.0. The molecule has 0 spiro atoms. The molecule has 0 fully saturated rings. The molecule has 3 rings (SSSR count). The van der Waals surface area contributed by atoms with Crippen molar-refractivity contribution in [3.8, 4) is 0 Å². The fourth-order valence-electron chi connectivity index (χ4n) is 3.67. The van der Waals surface area contributed by atoms with E-state index in [1.54, 1.807) is 10.4 Å². The molecule has 0 radical (unpaired) electrons. The summed E-state index contributed by atoms with van der Waals surface area (Å²) in [6.07, 6.45) is 15.7. The summed E-state index contributed by atoms with van der Waals surface area (Å²) < 4.78 is 0. The molecule has 1 aromatic carbocycles. The van der Waals surface area contributed by atoms with Gasteiger partial charge in [0.2, 0.25) is 0 Å². The van der Waals surface area contributed by atoms with E-state index in [-0.39, 0.29) is 0 Å². The lowest BCUT2D eigenvalue weighted by molar-refractivity contribution is 1.38. The van der Waals surface area contributed by atoms with E-state index in [0.717, 1.165) is 12.8 Å². The molecule has 2 aliphatic rings. The third kappa shape index (κ3) is 3.36. The van der Waals surface area contributed by atoms with Gasteiger partial charge < -0.3 is 0 Å². The maximum absolute atomic E-state index is 2.58. The lowest BCUT2D eigenvalue weighted by Gasteiger charge is -2.30. The van der Waals surface area contributed by atoms with Crippen LogP contribution in [-0.4, -0.2) is 16.1 Å². The van der Waals surface area contributed by atoms with Crippen LogP contribution in [0.1, 0.15) is 24.0 Å². The Morgan fingerprint density at radius 3 is 1.25 bits per heavy atom. The van der Waals surface area contributed by atoms with Crippen LogP contribution in [-0.2, 0) is 0 Å². The van der Waals surface area contributed by atoms with Crippen molar-refractivity contribution in [2.24, 2.45) is 0 Å². The highest BCUT2D eigenvalue weighted by molar-refractivity contribution is 6.98. The van der Waals surface area contributed by atoms with E-state index in [9.17, 15) is 0 Å². The van der Waals surface area contributed by atoms with Crippen LogP contribution in [0.2, 0.25) is 39.3 Å². The van der Waals surface area contributed by atoms with E-state index in [0.29, 0.717) is 0 Å². The Kier molecular flexibility index (Phi) is 4.48. The lowest BCUT2D eigenvalue weighted by atomic mass is 9.93. The molecule has 0 N–H and O–H groups in total. The van der Waals surface area contributed by atoms with Gasteiger partial charge in [-0.25, -0.2) is 0 Å². The van der Waals surface area contributed by atoms with Crippen molar-refractivity contribution in [1.82, 2.24) is 0 Å². The van der Waals surface area contributed by atoms with Crippen LogP contribution in [0.15, 0.2) is 48.6 Å².